The highest BCUT2D eigenvalue weighted by molar-refractivity contribution is 6.20. The lowest BCUT2D eigenvalue weighted by Crippen LogP contribution is -1.94. The van der Waals surface area contributed by atoms with Crippen LogP contribution in [0.2, 0.25) is 0 Å². The molecule has 2 heteroatoms. The van der Waals surface area contributed by atoms with Crippen molar-refractivity contribution in [3.8, 4) is 22.5 Å². The molecule has 0 aliphatic heterocycles. The highest BCUT2D eigenvalue weighted by Gasteiger charge is 2.16. The van der Waals surface area contributed by atoms with Crippen molar-refractivity contribution in [1.82, 2.24) is 9.13 Å². The van der Waals surface area contributed by atoms with Gasteiger partial charge in [0.2, 0.25) is 0 Å². The van der Waals surface area contributed by atoms with Gasteiger partial charge in [-0.15, -0.1) is 0 Å². The summed E-state index contributed by atoms with van der Waals surface area (Å²) in [4.78, 5) is 0. The first kappa shape index (κ1) is 21.0. The lowest BCUT2D eigenvalue weighted by atomic mass is 10.0. The first-order valence-corrected chi connectivity index (χ1v) is 13.0. The van der Waals surface area contributed by atoms with Gasteiger partial charge in [0.15, 0.2) is 0 Å². The van der Waals surface area contributed by atoms with Crippen LogP contribution in [0.5, 0.6) is 0 Å². The molecule has 38 heavy (non-hydrogen) atoms. The zero-order valence-electron chi connectivity index (χ0n) is 20.8. The van der Waals surface area contributed by atoms with Gasteiger partial charge in [0.1, 0.15) is 0 Å². The third-order valence-electron chi connectivity index (χ3n) is 7.71. The van der Waals surface area contributed by atoms with Crippen molar-refractivity contribution in [1.29, 1.82) is 0 Å². The maximum absolute atomic E-state index is 2.42. The van der Waals surface area contributed by atoms with E-state index in [0.717, 1.165) is 0 Å². The van der Waals surface area contributed by atoms with E-state index in [2.05, 4.69) is 155 Å². The average Bonchev–Trinajstić information content (AvgIpc) is 3.56. The molecule has 0 aliphatic rings. The second-order valence-electron chi connectivity index (χ2n) is 9.88. The van der Waals surface area contributed by atoms with E-state index in [1.54, 1.807) is 0 Å². The lowest BCUT2D eigenvalue weighted by molar-refractivity contribution is 1.13. The van der Waals surface area contributed by atoms with Crippen LogP contribution in [0.1, 0.15) is 0 Å². The van der Waals surface area contributed by atoms with E-state index in [9.17, 15) is 0 Å². The molecule has 8 rings (SSSR count). The van der Waals surface area contributed by atoms with Gasteiger partial charge in [0.25, 0.3) is 0 Å². The molecule has 0 saturated carbocycles. The van der Waals surface area contributed by atoms with Crippen molar-refractivity contribution in [2.45, 2.75) is 0 Å². The standard InChI is InChI=1S/C36H24N2/c1-3-10-25(11-4-1)26-12-9-15-30(22-26)37-21-20-28-23-33-27(24-35(28)37)18-19-32-31-16-7-8-17-34(31)38(36(32)33)29-13-5-2-6-14-29/h1-24H. The van der Waals surface area contributed by atoms with E-state index in [-0.39, 0.29) is 0 Å². The van der Waals surface area contributed by atoms with Crippen molar-refractivity contribution >= 4 is 43.5 Å². The third kappa shape index (κ3) is 3.14. The molecule has 0 unspecified atom stereocenters. The Morgan fingerprint density at radius 3 is 2.00 bits per heavy atom. The summed E-state index contributed by atoms with van der Waals surface area (Å²) in [5, 5.41) is 6.31. The van der Waals surface area contributed by atoms with E-state index in [1.165, 1.54) is 66.0 Å². The van der Waals surface area contributed by atoms with Crippen molar-refractivity contribution in [2.75, 3.05) is 0 Å². The van der Waals surface area contributed by atoms with Crippen molar-refractivity contribution in [3.05, 3.63) is 146 Å². The summed E-state index contributed by atoms with van der Waals surface area (Å²) in [6, 6.07) is 50.3. The minimum atomic E-state index is 1.17. The predicted molar refractivity (Wildman–Crippen MR) is 161 cm³/mol. The second kappa shape index (κ2) is 8.22. The predicted octanol–water partition coefficient (Wildman–Crippen LogP) is 9.55. The molecule has 0 radical (unpaired) electrons. The fraction of sp³-hybridized carbons (Fsp3) is 0. The number of benzene rings is 6. The van der Waals surface area contributed by atoms with Crippen LogP contribution < -0.4 is 0 Å². The zero-order chi connectivity index (χ0) is 25.1. The summed E-state index contributed by atoms with van der Waals surface area (Å²) in [6.45, 7) is 0. The van der Waals surface area contributed by atoms with Crippen LogP contribution in [-0.2, 0) is 0 Å². The minimum absolute atomic E-state index is 1.17. The monoisotopic (exact) mass is 484 g/mol. The Labute approximate surface area is 220 Å². The molecule has 178 valence electrons. The largest absolute Gasteiger partial charge is 0.317 e. The Hall–Kier alpha value is -5.08. The highest BCUT2D eigenvalue weighted by Crippen LogP contribution is 2.38. The van der Waals surface area contributed by atoms with Gasteiger partial charge in [-0.25, -0.2) is 0 Å². The molecule has 0 spiro atoms. The molecular weight excluding hydrogens is 460 g/mol. The molecule has 0 amide bonds. The van der Waals surface area contributed by atoms with E-state index in [0.29, 0.717) is 0 Å². The molecule has 6 aromatic carbocycles. The van der Waals surface area contributed by atoms with Gasteiger partial charge in [-0.3, -0.25) is 0 Å². The number of nitrogens with zero attached hydrogens (tertiary/aromatic N) is 2. The summed E-state index contributed by atoms with van der Waals surface area (Å²) >= 11 is 0. The summed E-state index contributed by atoms with van der Waals surface area (Å²) in [6.07, 6.45) is 2.19. The van der Waals surface area contributed by atoms with Crippen molar-refractivity contribution < 1.29 is 0 Å². The Bertz CT molecular complexity index is 2110. The first-order chi connectivity index (χ1) is 18.8. The van der Waals surface area contributed by atoms with Gasteiger partial charge in [-0.05, 0) is 65.0 Å². The summed E-state index contributed by atoms with van der Waals surface area (Å²) in [7, 11) is 0. The van der Waals surface area contributed by atoms with Crippen LogP contribution in [0.4, 0.5) is 0 Å². The van der Waals surface area contributed by atoms with Crippen LogP contribution >= 0.6 is 0 Å². The van der Waals surface area contributed by atoms with Crippen molar-refractivity contribution in [3.63, 3.8) is 0 Å². The Morgan fingerprint density at radius 1 is 0.395 bits per heavy atom. The van der Waals surface area contributed by atoms with Gasteiger partial charge in [-0.2, -0.15) is 0 Å². The molecule has 0 N–H and O–H groups in total. The summed E-state index contributed by atoms with van der Waals surface area (Å²) in [5.41, 5.74) is 8.51. The smallest absolute Gasteiger partial charge is 0.0619 e. The van der Waals surface area contributed by atoms with Crippen LogP contribution in [0.15, 0.2) is 146 Å². The second-order valence-corrected chi connectivity index (χ2v) is 9.88. The normalized spacial score (nSPS) is 11.7. The number of rotatable bonds is 3. The maximum atomic E-state index is 2.42. The Kier molecular flexibility index (Phi) is 4.55. The highest BCUT2D eigenvalue weighted by atomic mass is 15.0. The summed E-state index contributed by atoms with van der Waals surface area (Å²) in [5.74, 6) is 0. The first-order valence-electron chi connectivity index (χ1n) is 13.0. The van der Waals surface area contributed by atoms with Crippen LogP contribution in [0.3, 0.4) is 0 Å². The molecule has 0 saturated heterocycles. The molecule has 2 aromatic heterocycles. The quantitative estimate of drug-likeness (QED) is 0.236. The molecule has 0 bridgehead atoms. The maximum Gasteiger partial charge on any atom is 0.0619 e. The van der Waals surface area contributed by atoms with Crippen molar-refractivity contribution in [2.24, 2.45) is 0 Å². The van der Waals surface area contributed by atoms with E-state index in [4.69, 9.17) is 0 Å². The SMILES string of the molecule is c1ccc(-c2cccc(-n3ccc4cc5c(ccc6c7ccccc7n(-c7ccccc7)c56)cc43)c2)cc1. The third-order valence-corrected chi connectivity index (χ3v) is 7.71. The van der Waals surface area contributed by atoms with Crippen LogP contribution in [0.25, 0.3) is 66.0 Å². The molecule has 2 heterocycles. The van der Waals surface area contributed by atoms with Crippen LogP contribution in [-0.4, -0.2) is 9.13 Å². The molecule has 0 fully saturated rings. The molecular formula is C36H24N2. The molecule has 0 atom stereocenters. The van der Waals surface area contributed by atoms with Gasteiger partial charge in [0, 0.05) is 39.1 Å². The number of hydrogen-bond donors (Lipinski definition) is 0. The Morgan fingerprint density at radius 2 is 1.13 bits per heavy atom. The Balaban J connectivity index is 1.39. The zero-order valence-corrected chi connectivity index (χ0v) is 20.8. The van der Waals surface area contributed by atoms with Gasteiger partial charge >= 0.3 is 0 Å². The van der Waals surface area contributed by atoms with E-state index in [1.807, 2.05) is 0 Å². The molecule has 8 aromatic rings. The fourth-order valence-electron chi connectivity index (χ4n) is 5.95. The topological polar surface area (TPSA) is 9.86 Å². The molecule has 0 aliphatic carbocycles. The minimum Gasteiger partial charge on any atom is -0.317 e. The average molecular weight is 485 g/mol. The number of para-hydroxylation sites is 2. The number of fused-ring (bicyclic) bond motifs is 6. The lowest BCUT2D eigenvalue weighted by Gasteiger charge is -2.11. The fourth-order valence-corrected chi connectivity index (χ4v) is 5.95. The molecule has 2 nitrogen and oxygen atoms in total. The van der Waals surface area contributed by atoms with Crippen LogP contribution in [0, 0.1) is 0 Å². The van der Waals surface area contributed by atoms with E-state index < -0.39 is 0 Å². The van der Waals surface area contributed by atoms with Gasteiger partial charge in [-0.1, -0.05) is 91.0 Å². The summed E-state index contributed by atoms with van der Waals surface area (Å²) < 4.78 is 4.72. The van der Waals surface area contributed by atoms with E-state index >= 15 is 0 Å². The van der Waals surface area contributed by atoms with Gasteiger partial charge < -0.3 is 9.13 Å². The van der Waals surface area contributed by atoms with Gasteiger partial charge in [0.05, 0.1) is 16.6 Å². The number of aromatic nitrogens is 2. The number of hydrogen-bond acceptors (Lipinski definition) is 0.